The number of nitrogens with zero attached hydrogens (tertiary/aromatic N) is 10. The highest BCUT2D eigenvalue weighted by atomic mass is 19.4. The molecule has 0 spiro atoms. The fraction of sp³-hybridized carbons (Fsp3) is 0.379. The number of pyridine rings is 3. The standard InChI is InChI=1S/C36H30F4N4O5.C34H33F6N3O5.C33H30F7N3O5/c1-19-11-22(34(45)46)5-6-25(19)27-15-28(31(48-3)16-29(27)37)26-7-8-32(43-9-4-10-43)42-30(26)18-44-20(2)33(49-35(44)47)23-12-21(17-41)13-24(14-23)36(38,39)40;1-18-30(22-13-23(33(35,36)37)16-24(14-22)34(38,39)40)48-32(46)43(18)17-27-25(7-9-29(41-27)42-10-3-11-42)26-15-20(6-8-28(26)47-2)19-4-5-21(12-19)31(44)45;1-17-30(19-11-20(32(35,36)37)14-21(12-19)33(38,39)40)48-31(46)43(17)16-26-23(6-7-28(41-26)42-9-2-10-42)24-13-18(3-8-29(44)45)25(34)15-27(24)47-22-4-5-22/h5-8,11-16,20,33H,4,9-10,18H2,1-3H3,(H,45,46);6-9,13-16,18-19,21,30H,3-5,10-12,17H2,1-2H3,(H,44,45);6-7,11-15,17,22,30H,2-5,8-10,16H2,1H3,(H,44,45)/t20-,33-;18-,19+,21-,30-;17-,30-/m000/s1. The Hall–Kier alpha value is -14.7. The lowest BCUT2D eigenvalue weighted by molar-refractivity contribution is -0.144. The number of ether oxygens (including phenoxy) is 6. The van der Waals surface area contributed by atoms with Crippen molar-refractivity contribution in [2.75, 3.05) is 68.2 Å². The van der Waals surface area contributed by atoms with Crippen LogP contribution >= 0.6 is 0 Å². The summed E-state index contributed by atoms with van der Waals surface area (Å²) in [6.45, 7) is 10.3. The molecule has 10 aromatic rings. The molecule has 3 amide bonds. The van der Waals surface area contributed by atoms with Crippen LogP contribution in [0.1, 0.15) is 197 Å². The highest BCUT2D eigenvalue weighted by Crippen LogP contribution is 2.51. The normalized spacial score (nSPS) is 20.0. The number of aliphatic carboxylic acids is 2. The predicted octanol–water partition coefficient (Wildman–Crippen LogP) is 23.6. The van der Waals surface area contributed by atoms with Crippen molar-refractivity contribution >= 4 is 53.6 Å². The molecule has 2 saturated carbocycles. The Morgan fingerprint density at radius 1 is 0.434 bits per heavy atom. The van der Waals surface area contributed by atoms with Gasteiger partial charge in [0.05, 0.1) is 126 Å². The summed E-state index contributed by atoms with van der Waals surface area (Å²) in [5.74, 6) is -1.98. The van der Waals surface area contributed by atoms with Crippen LogP contribution in [0, 0.1) is 35.8 Å². The van der Waals surface area contributed by atoms with Crippen LogP contribution in [-0.2, 0) is 80.7 Å². The van der Waals surface area contributed by atoms with E-state index in [4.69, 9.17) is 43.4 Å². The summed E-state index contributed by atoms with van der Waals surface area (Å²) >= 11 is 0. The maximum atomic E-state index is 15.6. The smallest absolute Gasteiger partial charge is 0.416 e. The molecule has 0 bridgehead atoms. The average molecular weight is 2030 g/mol. The number of amides is 3. The number of cyclic esters (lactones) is 3. The number of aromatic nitrogens is 3. The Morgan fingerprint density at radius 2 is 0.834 bits per heavy atom. The zero-order valence-electron chi connectivity index (χ0n) is 78.2. The van der Waals surface area contributed by atoms with Gasteiger partial charge in [-0.3, -0.25) is 24.3 Å². The lowest BCUT2D eigenvalue weighted by Gasteiger charge is -2.33. The van der Waals surface area contributed by atoms with Crippen LogP contribution in [-0.4, -0.2) is 159 Å². The lowest BCUT2D eigenvalue weighted by atomic mass is 9.91. The van der Waals surface area contributed by atoms with Crippen LogP contribution in [0.25, 0.3) is 44.5 Å². The van der Waals surface area contributed by atoms with E-state index in [2.05, 4.69) is 4.90 Å². The molecule has 8 aliphatic rings. The van der Waals surface area contributed by atoms with Gasteiger partial charge in [0.15, 0.2) is 0 Å². The number of alkyl halides is 15. The van der Waals surface area contributed by atoms with Gasteiger partial charge in [0.1, 0.15) is 64.6 Å². The van der Waals surface area contributed by atoms with Crippen molar-refractivity contribution in [1.29, 1.82) is 5.26 Å². The number of hydrogen-bond acceptors (Lipinski definition) is 19. The van der Waals surface area contributed by atoms with Gasteiger partial charge < -0.3 is 58.4 Å². The fourth-order valence-corrected chi connectivity index (χ4v) is 18.7. The molecule has 8 atom stereocenters. The maximum Gasteiger partial charge on any atom is 0.416 e. The van der Waals surface area contributed by atoms with Crippen LogP contribution in [0.15, 0.2) is 152 Å². The zero-order chi connectivity index (χ0) is 104. The number of carbonyl (C=O) groups is 6. The molecule has 0 radical (unpaired) electrons. The van der Waals surface area contributed by atoms with E-state index in [-0.39, 0.29) is 95.9 Å². The molecule has 6 saturated heterocycles. The van der Waals surface area contributed by atoms with Gasteiger partial charge in [0, 0.05) is 96.8 Å². The van der Waals surface area contributed by atoms with E-state index in [1.807, 2.05) is 40.1 Å². The summed E-state index contributed by atoms with van der Waals surface area (Å²) in [6.07, 6.45) is -26.1. The molecule has 7 aromatic carbocycles. The molecule has 25 nitrogen and oxygen atoms in total. The number of nitriles is 1. The van der Waals surface area contributed by atoms with Crippen LogP contribution in [0.4, 0.5) is 106 Å². The van der Waals surface area contributed by atoms with Gasteiger partial charge >= 0.3 is 67.1 Å². The third-order valence-electron chi connectivity index (χ3n) is 27.1. The maximum absolute atomic E-state index is 15.6. The Kier molecular flexibility index (Phi) is 29.1. The molecule has 9 heterocycles. The van der Waals surface area contributed by atoms with Crippen molar-refractivity contribution in [3.63, 3.8) is 0 Å². The molecule has 3 aromatic heterocycles. The third-order valence-corrected chi connectivity index (χ3v) is 27.1. The van der Waals surface area contributed by atoms with Gasteiger partial charge in [-0.25, -0.2) is 42.9 Å². The first-order chi connectivity index (χ1) is 68.5. The van der Waals surface area contributed by atoms with Gasteiger partial charge in [0.2, 0.25) is 0 Å². The molecule has 3 N–H and O–H groups in total. The SMILES string of the molecule is COc1cc(F)c(-c2ccc(C(=O)O)cc2C)cc1-c1ccc(N2CCC2)nc1CN1C(=O)O[C@H](c2cc(C#N)cc(C(F)(F)F)c2)[C@@H]1C.COc1ccc([C@@H]2CC[C@H](C(=O)O)C2)cc1-c1ccc(N2CCC2)nc1CN1C(=O)O[C@H](c2cc(C(F)(F)F)cc(C(F)(F)F)c2)[C@@H]1C.C[C@H]1[C@@H](c2cc(C(F)(F)F)cc(C(F)(F)F)c2)OC(=O)N1Cc1nc(N2CCC2)ccc1-c1cc(CCC(=O)O)c(F)cc1OC1CC1. The van der Waals surface area contributed by atoms with Crippen molar-refractivity contribution in [3.05, 3.63) is 253 Å². The molecule has 18 rings (SSSR count). The Bertz CT molecular complexity index is 6670. The molecular formula is C103H93F17N10O15. The van der Waals surface area contributed by atoms with Gasteiger partial charge in [-0.2, -0.15) is 71.1 Å². The van der Waals surface area contributed by atoms with E-state index >= 15 is 8.78 Å². The summed E-state index contributed by atoms with van der Waals surface area (Å²) in [5, 5.41) is 37.5. The second kappa shape index (κ2) is 40.8. The number of methoxy groups -OCH3 is 2. The Balaban J connectivity index is 0.000000156. The number of carboxylic acid groups (broad SMARTS) is 3. The first-order valence-electron chi connectivity index (χ1n) is 46.2. The third kappa shape index (κ3) is 22.5. The minimum absolute atomic E-state index is 0.00883. The monoisotopic (exact) mass is 2030 g/mol. The number of benzene rings is 7. The lowest BCUT2D eigenvalue weighted by Crippen LogP contribution is -2.38. The number of aryl methyl sites for hydroxylation is 2. The number of anilines is 3. The molecule has 145 heavy (non-hydrogen) atoms. The number of halogens is 17. The van der Waals surface area contributed by atoms with Crippen LogP contribution in [0.3, 0.4) is 0 Å². The van der Waals surface area contributed by atoms with Gasteiger partial charge in [0.25, 0.3) is 0 Å². The first-order valence-corrected chi connectivity index (χ1v) is 46.2. The minimum atomic E-state index is -5.09. The second-order valence-electron chi connectivity index (χ2n) is 36.7. The van der Waals surface area contributed by atoms with Crippen LogP contribution < -0.4 is 28.9 Å². The summed E-state index contributed by atoms with van der Waals surface area (Å²) in [5.41, 5.74) is -1.70. The number of rotatable bonds is 26. The number of carboxylic acids is 3. The van der Waals surface area contributed by atoms with Gasteiger partial charge in [-0.15, -0.1) is 0 Å². The van der Waals surface area contributed by atoms with Crippen molar-refractivity contribution < 1.29 is 147 Å². The number of hydrogen-bond donors (Lipinski definition) is 3. The molecule has 6 aliphatic heterocycles. The van der Waals surface area contributed by atoms with Gasteiger partial charge in [-0.05, 0) is 258 Å². The van der Waals surface area contributed by atoms with Crippen LogP contribution in [0.5, 0.6) is 17.2 Å². The summed E-state index contributed by atoms with van der Waals surface area (Å²) in [6, 6.07) is 30.4. The van der Waals surface area contributed by atoms with Crippen molar-refractivity contribution in [3.8, 4) is 67.8 Å². The quantitative estimate of drug-likeness (QED) is 0.0335. The Labute approximate surface area is 817 Å². The topological polar surface area (TPSA) is 300 Å². The molecular weight excluding hydrogens is 1940 g/mol. The fourth-order valence-electron chi connectivity index (χ4n) is 18.7. The highest BCUT2D eigenvalue weighted by Gasteiger charge is 2.49. The second-order valence-corrected chi connectivity index (χ2v) is 36.7. The summed E-state index contributed by atoms with van der Waals surface area (Å²) in [7, 11) is 2.90. The van der Waals surface area contributed by atoms with E-state index in [0.717, 1.165) is 89.1 Å². The zero-order valence-corrected chi connectivity index (χ0v) is 78.2. The average Bonchev–Trinajstić information content (AvgIpc) is 1.76. The molecule has 0 unspecified atom stereocenters. The summed E-state index contributed by atoms with van der Waals surface area (Å²) in [4.78, 5) is 98.6. The van der Waals surface area contributed by atoms with E-state index in [1.54, 1.807) is 50.2 Å². The molecule has 42 heteroatoms. The van der Waals surface area contributed by atoms with E-state index in [1.165, 1.54) is 85.2 Å². The van der Waals surface area contributed by atoms with Gasteiger partial charge in [-0.1, -0.05) is 12.1 Å². The first kappa shape index (κ1) is 103. The molecule has 2 aliphatic carbocycles. The van der Waals surface area contributed by atoms with E-state index in [0.29, 0.717) is 128 Å². The van der Waals surface area contributed by atoms with Crippen molar-refractivity contribution in [2.45, 2.75) is 191 Å². The number of carbonyl (C=O) groups excluding carboxylic acids is 3. The largest absolute Gasteiger partial charge is 0.496 e. The Morgan fingerprint density at radius 3 is 1.20 bits per heavy atom. The van der Waals surface area contributed by atoms with Crippen molar-refractivity contribution in [2.24, 2.45) is 5.92 Å². The van der Waals surface area contributed by atoms with Crippen molar-refractivity contribution in [1.82, 2.24) is 29.7 Å². The predicted molar refractivity (Wildman–Crippen MR) is 489 cm³/mol. The van der Waals surface area contributed by atoms with Crippen LogP contribution in [0.2, 0.25) is 0 Å². The number of aromatic carboxylic acids is 1. The van der Waals surface area contributed by atoms with E-state index in [9.17, 15) is 115 Å². The highest BCUT2D eigenvalue weighted by molar-refractivity contribution is 5.90. The molecule has 8 fully saturated rings. The summed E-state index contributed by atoms with van der Waals surface area (Å²) < 4.78 is 269. The minimum Gasteiger partial charge on any atom is -0.496 e. The molecule has 764 valence electrons. The van der Waals surface area contributed by atoms with E-state index < -0.39 is 160 Å².